The van der Waals surface area contributed by atoms with Crippen LogP contribution in [0.3, 0.4) is 0 Å². The Morgan fingerprint density at radius 3 is 2.57 bits per heavy atom. The number of non-ortho nitro benzene ring substituents is 1. The minimum atomic E-state index is -1.11. The normalized spacial score (nSPS) is 17.3. The molecule has 0 spiro atoms. The van der Waals surface area contributed by atoms with Crippen molar-refractivity contribution in [2.24, 2.45) is 0 Å². The maximum absolute atomic E-state index is 12.3. The lowest BCUT2D eigenvalue weighted by atomic mass is 9.83. The number of hydrogen-bond acceptors (Lipinski definition) is 8. The number of nitrogens with one attached hydrogen (secondary N) is 1. The van der Waals surface area contributed by atoms with Gasteiger partial charge in [-0.1, -0.05) is 12.1 Å². The zero-order valence-corrected chi connectivity index (χ0v) is 15.8. The van der Waals surface area contributed by atoms with Crippen LogP contribution in [0.2, 0.25) is 0 Å². The molecule has 2 unspecified atom stereocenters. The average Bonchev–Trinajstić information content (AvgIpc) is 2.63. The molecule has 0 amide bonds. The van der Waals surface area contributed by atoms with Crippen molar-refractivity contribution < 1.29 is 24.0 Å². The van der Waals surface area contributed by atoms with Crippen molar-refractivity contribution in [3.05, 3.63) is 62.7 Å². The van der Waals surface area contributed by atoms with Gasteiger partial charge in [0.15, 0.2) is 11.9 Å². The molecule has 1 aliphatic heterocycles. The lowest BCUT2D eigenvalue weighted by Crippen LogP contribution is -2.30. The number of nitriles is 1. The maximum atomic E-state index is 12.3. The predicted octanol–water partition coefficient (Wildman–Crippen LogP) is 3.44. The van der Waals surface area contributed by atoms with E-state index in [1.54, 1.807) is 26.0 Å². The number of ether oxygens (including phenoxy) is 2. The second kappa shape index (κ2) is 8.35. The zero-order valence-electron chi connectivity index (χ0n) is 15.8. The van der Waals surface area contributed by atoms with E-state index in [1.807, 2.05) is 0 Å². The van der Waals surface area contributed by atoms with E-state index >= 15 is 0 Å². The van der Waals surface area contributed by atoms with Crippen LogP contribution in [-0.2, 0) is 14.3 Å². The number of nitro benzene ring substituents is 1. The van der Waals surface area contributed by atoms with Crippen molar-refractivity contribution >= 4 is 17.6 Å². The Bertz CT molecular complexity index is 941. The van der Waals surface area contributed by atoms with Crippen LogP contribution in [0.1, 0.15) is 39.2 Å². The van der Waals surface area contributed by atoms with Crippen LogP contribution in [0.5, 0.6) is 0 Å². The van der Waals surface area contributed by atoms with Crippen LogP contribution in [0.25, 0.3) is 0 Å². The quantitative estimate of drug-likeness (QED) is 0.463. The molecule has 1 aromatic rings. The maximum Gasteiger partial charge on any atom is 0.514 e. The van der Waals surface area contributed by atoms with Crippen molar-refractivity contribution in [2.75, 3.05) is 0 Å². The van der Waals surface area contributed by atoms with Crippen LogP contribution >= 0.6 is 0 Å². The molecule has 0 bridgehead atoms. The molecule has 146 valence electrons. The van der Waals surface area contributed by atoms with E-state index in [1.165, 1.54) is 32.0 Å². The van der Waals surface area contributed by atoms with Gasteiger partial charge in [0.05, 0.1) is 16.5 Å². The third kappa shape index (κ3) is 4.35. The van der Waals surface area contributed by atoms with Gasteiger partial charge >= 0.3 is 6.16 Å². The molecule has 1 N–H and O–H groups in total. The SMILES string of the molecule is CC(=O)C1=C(C)NC(C)=C(OC(=O)OC(C)C#N)C1c1cccc([N+](=O)[O-])c1. The third-order valence-electron chi connectivity index (χ3n) is 4.14. The Hall–Kier alpha value is -3.67. The van der Waals surface area contributed by atoms with E-state index in [0.717, 1.165) is 0 Å². The number of carbonyl (C=O) groups is 2. The summed E-state index contributed by atoms with van der Waals surface area (Å²) in [6.07, 6.45) is -2.13. The van der Waals surface area contributed by atoms with E-state index in [9.17, 15) is 19.7 Å². The number of nitrogens with zero attached hydrogens (tertiary/aromatic N) is 2. The van der Waals surface area contributed by atoms with Crippen molar-refractivity contribution in [2.45, 2.75) is 39.7 Å². The molecule has 0 aromatic heterocycles. The van der Waals surface area contributed by atoms with Crippen LogP contribution < -0.4 is 5.32 Å². The van der Waals surface area contributed by atoms with Gasteiger partial charge in [0.25, 0.3) is 5.69 Å². The first kappa shape index (κ1) is 20.6. The van der Waals surface area contributed by atoms with Gasteiger partial charge in [0, 0.05) is 23.4 Å². The van der Waals surface area contributed by atoms with E-state index in [0.29, 0.717) is 22.5 Å². The van der Waals surface area contributed by atoms with E-state index in [-0.39, 0.29) is 17.2 Å². The van der Waals surface area contributed by atoms with Gasteiger partial charge in [0.1, 0.15) is 11.8 Å². The molecule has 1 aliphatic rings. The van der Waals surface area contributed by atoms with Crippen molar-refractivity contribution in [1.82, 2.24) is 5.32 Å². The minimum absolute atomic E-state index is 0.0754. The number of ketones is 1. The summed E-state index contributed by atoms with van der Waals surface area (Å²) in [4.78, 5) is 35.0. The molecule has 0 radical (unpaired) electrons. The highest BCUT2D eigenvalue weighted by atomic mass is 16.7. The van der Waals surface area contributed by atoms with Gasteiger partial charge in [0.2, 0.25) is 0 Å². The zero-order chi connectivity index (χ0) is 21.0. The van der Waals surface area contributed by atoms with Gasteiger partial charge in [-0.15, -0.1) is 0 Å². The lowest BCUT2D eigenvalue weighted by Gasteiger charge is -2.30. The molecule has 28 heavy (non-hydrogen) atoms. The van der Waals surface area contributed by atoms with Gasteiger partial charge in [-0.25, -0.2) is 4.79 Å². The number of dihydropyridines is 1. The van der Waals surface area contributed by atoms with E-state index in [4.69, 9.17) is 14.7 Å². The fraction of sp³-hybridized carbons (Fsp3) is 0.316. The standard InChI is InChI=1S/C19H19N3O6/c1-10(9-20)27-19(24)28-18-12(3)21-11(2)16(13(4)23)17(18)14-6-5-7-15(8-14)22(25)26/h5-8,10,17,21H,1-4H3. The summed E-state index contributed by atoms with van der Waals surface area (Å²) in [5.74, 6) is -1.05. The number of nitro groups is 1. The molecule has 0 saturated carbocycles. The van der Waals surface area contributed by atoms with Crippen LogP contribution in [-0.4, -0.2) is 23.0 Å². The Morgan fingerprint density at radius 2 is 2.00 bits per heavy atom. The summed E-state index contributed by atoms with van der Waals surface area (Å²) in [6.45, 7) is 6.07. The fourth-order valence-electron chi connectivity index (χ4n) is 3.00. The third-order valence-corrected chi connectivity index (χ3v) is 4.14. The molecule has 9 nitrogen and oxygen atoms in total. The first-order valence-corrected chi connectivity index (χ1v) is 8.37. The number of carbonyl (C=O) groups excluding carboxylic acids is 2. The largest absolute Gasteiger partial charge is 0.514 e. The van der Waals surface area contributed by atoms with Crippen molar-refractivity contribution in [1.29, 1.82) is 5.26 Å². The molecule has 9 heteroatoms. The Labute approximate surface area is 161 Å². The first-order valence-electron chi connectivity index (χ1n) is 8.37. The van der Waals surface area contributed by atoms with E-state index in [2.05, 4.69) is 5.32 Å². The number of rotatable bonds is 5. The van der Waals surface area contributed by atoms with Gasteiger partial charge in [-0.2, -0.15) is 5.26 Å². The molecule has 1 aromatic carbocycles. The summed E-state index contributed by atoms with van der Waals surface area (Å²) in [6, 6.07) is 7.50. The average molecular weight is 385 g/mol. The van der Waals surface area contributed by atoms with Crippen molar-refractivity contribution in [3.63, 3.8) is 0 Å². The van der Waals surface area contributed by atoms with Gasteiger partial charge < -0.3 is 14.8 Å². The molecule has 2 rings (SSSR count). The molecule has 2 atom stereocenters. The molecule has 0 aliphatic carbocycles. The second-order valence-corrected chi connectivity index (χ2v) is 6.24. The Kier molecular flexibility index (Phi) is 6.15. The monoisotopic (exact) mass is 385 g/mol. The summed E-state index contributed by atoms with van der Waals surface area (Å²) in [7, 11) is 0. The Balaban J connectivity index is 2.55. The van der Waals surface area contributed by atoms with Crippen LogP contribution in [0.4, 0.5) is 10.5 Å². The second-order valence-electron chi connectivity index (χ2n) is 6.24. The molecular weight excluding hydrogens is 366 g/mol. The molecule has 0 saturated heterocycles. The highest BCUT2D eigenvalue weighted by Crippen LogP contribution is 2.40. The first-order chi connectivity index (χ1) is 13.1. The summed E-state index contributed by atoms with van der Waals surface area (Å²) < 4.78 is 10.1. The molecule has 1 heterocycles. The van der Waals surface area contributed by atoms with Gasteiger partial charge in [-0.05, 0) is 33.3 Å². The number of allylic oxidation sites excluding steroid dienone is 3. The summed E-state index contributed by atoms with van der Waals surface area (Å²) >= 11 is 0. The highest BCUT2D eigenvalue weighted by Gasteiger charge is 2.35. The smallest absolute Gasteiger partial charge is 0.416 e. The van der Waals surface area contributed by atoms with E-state index < -0.39 is 23.1 Å². The Morgan fingerprint density at radius 1 is 1.32 bits per heavy atom. The fourth-order valence-corrected chi connectivity index (χ4v) is 3.00. The van der Waals surface area contributed by atoms with Crippen LogP contribution in [0, 0.1) is 21.4 Å². The summed E-state index contributed by atoms with van der Waals surface area (Å²) in [5, 5.41) is 22.9. The number of hydrogen-bond donors (Lipinski definition) is 1. The topological polar surface area (TPSA) is 132 Å². The number of benzene rings is 1. The predicted molar refractivity (Wildman–Crippen MR) is 97.7 cm³/mol. The molecule has 0 fully saturated rings. The van der Waals surface area contributed by atoms with Gasteiger partial charge in [-0.3, -0.25) is 14.9 Å². The highest BCUT2D eigenvalue weighted by molar-refractivity contribution is 5.96. The summed E-state index contributed by atoms with van der Waals surface area (Å²) in [5.41, 5.74) is 1.56. The minimum Gasteiger partial charge on any atom is -0.416 e. The number of Topliss-reactive ketones (excluding diaryl/α,β-unsaturated/α-hetero) is 1. The van der Waals surface area contributed by atoms with Crippen LogP contribution in [0.15, 0.2) is 47.0 Å². The lowest BCUT2D eigenvalue weighted by molar-refractivity contribution is -0.384. The van der Waals surface area contributed by atoms with Crippen molar-refractivity contribution in [3.8, 4) is 6.07 Å². The molecular formula is C19H19N3O6.